The van der Waals surface area contributed by atoms with Crippen molar-refractivity contribution in [3.05, 3.63) is 65.3 Å². The number of rotatable bonds is 11. The van der Waals surface area contributed by atoms with Crippen molar-refractivity contribution in [2.24, 2.45) is 11.8 Å². The number of piperidine rings is 1. The first-order chi connectivity index (χ1) is 17.4. The van der Waals surface area contributed by atoms with Crippen LogP contribution in [0.3, 0.4) is 0 Å². The van der Waals surface area contributed by atoms with Gasteiger partial charge in [0.15, 0.2) is 0 Å². The van der Waals surface area contributed by atoms with Gasteiger partial charge in [0.1, 0.15) is 5.75 Å². The van der Waals surface area contributed by atoms with E-state index in [2.05, 4.69) is 22.0 Å². The third-order valence-electron chi connectivity index (χ3n) is 7.04. The Morgan fingerprint density at radius 2 is 2.06 bits per heavy atom. The monoisotopic (exact) mass is 528 g/mol. The lowest BCUT2D eigenvalue weighted by molar-refractivity contribution is -0.139. The number of fused-ring (bicyclic) bond motifs is 1. The lowest BCUT2D eigenvalue weighted by Crippen LogP contribution is -2.42. The second-order valence-corrected chi connectivity index (χ2v) is 10.9. The van der Waals surface area contributed by atoms with Crippen molar-refractivity contribution in [2.75, 3.05) is 32.5 Å². The van der Waals surface area contributed by atoms with Gasteiger partial charge in [-0.05, 0) is 68.0 Å². The maximum atomic E-state index is 11.6. The first-order valence-corrected chi connectivity index (χ1v) is 13.7. The molecular formula is C28H33ClN2O4S. The number of ether oxygens (including phenoxy) is 1. The van der Waals surface area contributed by atoms with Crippen LogP contribution < -0.4 is 4.74 Å². The number of nitrogens with zero attached hydrogens (tertiary/aromatic N) is 2. The van der Waals surface area contributed by atoms with Gasteiger partial charge in [-0.3, -0.25) is 9.78 Å². The molecule has 36 heavy (non-hydrogen) atoms. The summed E-state index contributed by atoms with van der Waals surface area (Å²) in [5.74, 6) is 1.20. The average Bonchev–Trinajstić information content (AvgIpc) is 2.88. The van der Waals surface area contributed by atoms with Crippen LogP contribution in [0.2, 0.25) is 5.02 Å². The zero-order valence-electron chi connectivity index (χ0n) is 20.5. The molecule has 0 aliphatic carbocycles. The fourth-order valence-electron chi connectivity index (χ4n) is 5.15. The van der Waals surface area contributed by atoms with Crippen LogP contribution in [0.5, 0.6) is 5.75 Å². The molecule has 2 N–H and O–H groups in total. The van der Waals surface area contributed by atoms with Gasteiger partial charge in [0.05, 0.1) is 23.8 Å². The maximum absolute atomic E-state index is 11.6. The molecule has 8 heteroatoms. The summed E-state index contributed by atoms with van der Waals surface area (Å²) in [6.07, 6.45) is 3.16. The highest BCUT2D eigenvalue weighted by atomic mass is 35.5. The van der Waals surface area contributed by atoms with Crippen molar-refractivity contribution < 1.29 is 19.7 Å². The van der Waals surface area contributed by atoms with Gasteiger partial charge in [0.25, 0.3) is 0 Å². The molecule has 0 spiro atoms. The number of methoxy groups -OCH3 is 1. The van der Waals surface area contributed by atoms with Gasteiger partial charge in [-0.15, -0.1) is 11.8 Å². The minimum atomic E-state index is -0.763. The summed E-state index contributed by atoms with van der Waals surface area (Å²) in [5, 5.41) is 21.9. The summed E-state index contributed by atoms with van der Waals surface area (Å²) in [6.45, 7) is 2.66. The Hall–Kier alpha value is -2.32. The van der Waals surface area contributed by atoms with Gasteiger partial charge in [-0.25, -0.2) is 0 Å². The van der Waals surface area contributed by atoms with Crippen LogP contribution in [-0.2, 0) is 4.79 Å². The van der Waals surface area contributed by atoms with Gasteiger partial charge in [0, 0.05) is 47.3 Å². The van der Waals surface area contributed by atoms with Crippen LogP contribution in [0.25, 0.3) is 10.9 Å². The first-order valence-electron chi connectivity index (χ1n) is 12.4. The van der Waals surface area contributed by atoms with E-state index in [1.165, 1.54) is 4.90 Å². The summed E-state index contributed by atoms with van der Waals surface area (Å²) in [6, 6.07) is 15.9. The number of aliphatic hydroxyl groups excluding tert-OH is 1. The van der Waals surface area contributed by atoms with Crippen molar-refractivity contribution >= 4 is 40.2 Å². The number of benzene rings is 2. The van der Waals surface area contributed by atoms with Crippen molar-refractivity contribution in [3.63, 3.8) is 0 Å². The standard InChI is InChI=1S/C28H33ClN2O4S/c1-35-21-8-9-25-23(16-21)28(24(29)17-30-25)26(32)10-7-19-11-12-31(18-20(19)15-27(33)34)13-14-36-22-5-3-2-4-6-22/h2-6,8-9,16-17,19-20,26,32H,7,10-15,18H2,1H3,(H,33,34). The molecule has 1 aromatic heterocycles. The minimum absolute atomic E-state index is 0.0647. The molecule has 1 aliphatic rings. The predicted molar refractivity (Wildman–Crippen MR) is 145 cm³/mol. The molecule has 4 rings (SSSR count). The van der Waals surface area contributed by atoms with E-state index in [0.717, 1.165) is 49.1 Å². The summed E-state index contributed by atoms with van der Waals surface area (Å²) in [5.41, 5.74) is 1.41. The van der Waals surface area contributed by atoms with Crippen LogP contribution in [0.15, 0.2) is 59.6 Å². The first kappa shape index (κ1) is 26.7. The number of likely N-dealkylation sites (tertiary alicyclic amines) is 1. The molecule has 0 amide bonds. The van der Waals surface area contributed by atoms with Crippen LogP contribution in [0, 0.1) is 11.8 Å². The molecule has 1 aliphatic heterocycles. The summed E-state index contributed by atoms with van der Waals surface area (Å²) < 4.78 is 5.35. The number of carboxylic acids is 1. The number of aliphatic carboxylic acids is 1. The molecule has 0 radical (unpaired) electrons. The van der Waals surface area contributed by atoms with E-state index in [9.17, 15) is 15.0 Å². The molecule has 1 saturated heterocycles. The Bertz CT molecular complexity index is 1160. The van der Waals surface area contributed by atoms with E-state index in [0.29, 0.717) is 22.8 Å². The van der Waals surface area contributed by atoms with Crippen LogP contribution in [0.1, 0.15) is 37.4 Å². The van der Waals surface area contributed by atoms with Gasteiger partial charge >= 0.3 is 5.97 Å². The van der Waals surface area contributed by atoms with Crippen LogP contribution in [0.4, 0.5) is 0 Å². The van der Waals surface area contributed by atoms with Crippen molar-refractivity contribution in [3.8, 4) is 5.75 Å². The largest absolute Gasteiger partial charge is 0.497 e. The molecule has 3 aromatic rings. The highest BCUT2D eigenvalue weighted by Gasteiger charge is 2.31. The Morgan fingerprint density at radius 1 is 1.25 bits per heavy atom. The molecular weight excluding hydrogens is 496 g/mol. The highest BCUT2D eigenvalue weighted by Crippen LogP contribution is 2.37. The van der Waals surface area contributed by atoms with Gasteiger partial charge in [-0.2, -0.15) is 0 Å². The average molecular weight is 529 g/mol. The Labute approximate surface area is 221 Å². The molecule has 3 atom stereocenters. The predicted octanol–water partition coefficient (Wildman–Crippen LogP) is 5.92. The molecule has 3 unspecified atom stereocenters. The zero-order chi connectivity index (χ0) is 25.5. The molecule has 2 heterocycles. The van der Waals surface area contributed by atoms with Crippen LogP contribution >= 0.6 is 23.4 Å². The lowest BCUT2D eigenvalue weighted by Gasteiger charge is -2.38. The number of halogens is 1. The number of hydrogen-bond donors (Lipinski definition) is 2. The molecule has 6 nitrogen and oxygen atoms in total. The van der Waals surface area contributed by atoms with Gasteiger partial charge in [0.2, 0.25) is 0 Å². The second kappa shape index (κ2) is 12.8. The molecule has 0 bridgehead atoms. The van der Waals surface area contributed by atoms with Crippen molar-refractivity contribution in [2.45, 2.75) is 36.7 Å². The number of aromatic nitrogens is 1. The fraction of sp³-hybridized carbons (Fsp3) is 0.429. The summed E-state index contributed by atoms with van der Waals surface area (Å²) in [7, 11) is 1.60. The van der Waals surface area contributed by atoms with Gasteiger partial charge in [-0.1, -0.05) is 29.8 Å². The quantitative estimate of drug-likeness (QED) is 0.299. The maximum Gasteiger partial charge on any atom is 0.303 e. The topological polar surface area (TPSA) is 82.9 Å². The third-order valence-corrected chi connectivity index (χ3v) is 8.34. The van der Waals surface area contributed by atoms with E-state index < -0.39 is 12.1 Å². The minimum Gasteiger partial charge on any atom is -0.497 e. The zero-order valence-corrected chi connectivity index (χ0v) is 22.0. The van der Waals surface area contributed by atoms with Gasteiger partial charge < -0.3 is 19.8 Å². The third kappa shape index (κ3) is 6.91. The Balaban J connectivity index is 1.38. The van der Waals surface area contributed by atoms with E-state index in [1.807, 2.05) is 48.2 Å². The molecule has 0 saturated carbocycles. The number of carboxylic acid groups (broad SMARTS) is 1. The summed E-state index contributed by atoms with van der Waals surface area (Å²) >= 11 is 8.30. The number of aliphatic hydroxyl groups is 1. The van der Waals surface area contributed by atoms with Crippen molar-refractivity contribution in [1.82, 2.24) is 9.88 Å². The Morgan fingerprint density at radius 3 is 2.81 bits per heavy atom. The highest BCUT2D eigenvalue weighted by molar-refractivity contribution is 7.99. The van der Waals surface area contributed by atoms with Crippen LogP contribution in [-0.4, -0.2) is 58.6 Å². The summed E-state index contributed by atoms with van der Waals surface area (Å²) in [4.78, 5) is 19.6. The fourth-order valence-corrected chi connectivity index (χ4v) is 6.37. The smallest absolute Gasteiger partial charge is 0.303 e. The van der Waals surface area contributed by atoms with E-state index in [1.54, 1.807) is 13.3 Å². The van der Waals surface area contributed by atoms with Crippen molar-refractivity contribution in [1.29, 1.82) is 0 Å². The lowest BCUT2D eigenvalue weighted by atomic mass is 9.79. The second-order valence-electron chi connectivity index (χ2n) is 9.36. The SMILES string of the molecule is COc1ccc2ncc(Cl)c(C(O)CCC3CCN(CCSc4ccccc4)CC3CC(=O)O)c2c1. The number of hydrogen-bond acceptors (Lipinski definition) is 6. The normalized spacial score (nSPS) is 19.3. The number of pyridine rings is 1. The van der Waals surface area contributed by atoms with E-state index in [-0.39, 0.29) is 18.3 Å². The molecule has 2 aromatic carbocycles. The Kier molecular flexibility index (Phi) is 9.48. The molecule has 192 valence electrons. The number of carbonyl (C=O) groups is 1. The van der Waals surface area contributed by atoms with E-state index in [4.69, 9.17) is 16.3 Å². The van der Waals surface area contributed by atoms with E-state index >= 15 is 0 Å². The molecule has 1 fully saturated rings. The number of thioether (sulfide) groups is 1.